The van der Waals surface area contributed by atoms with Gasteiger partial charge in [0.05, 0.1) is 23.9 Å². The van der Waals surface area contributed by atoms with Crippen LogP contribution in [0, 0.1) is 6.92 Å². The van der Waals surface area contributed by atoms with Crippen molar-refractivity contribution < 1.29 is 13.2 Å². The van der Waals surface area contributed by atoms with Gasteiger partial charge in [-0.15, -0.1) is 5.73 Å². The first kappa shape index (κ1) is 15.9. The number of benzene rings is 2. The van der Waals surface area contributed by atoms with Crippen molar-refractivity contribution in [2.45, 2.75) is 11.8 Å². The molecule has 0 aromatic heterocycles. The highest BCUT2D eigenvalue weighted by Crippen LogP contribution is 2.26. The molecule has 0 spiro atoms. The number of aryl methyl sites for hydroxylation is 1. The predicted octanol–water partition coefficient (Wildman–Crippen LogP) is 3.50. The van der Waals surface area contributed by atoms with Crippen molar-refractivity contribution in [2.24, 2.45) is 0 Å². The van der Waals surface area contributed by atoms with Crippen LogP contribution in [0.3, 0.4) is 0 Å². The second-order valence-corrected chi connectivity index (χ2v) is 6.46. The Balaban J connectivity index is 2.50. The number of anilines is 1. The Labute approximate surface area is 131 Å². The van der Waals surface area contributed by atoms with Crippen molar-refractivity contribution in [3.05, 3.63) is 72.6 Å². The third-order valence-electron chi connectivity index (χ3n) is 3.11. The minimum atomic E-state index is -3.72. The molecule has 0 fully saturated rings. The van der Waals surface area contributed by atoms with E-state index in [2.05, 4.69) is 12.3 Å². The largest absolute Gasteiger partial charge is 0.497 e. The average molecular weight is 315 g/mol. The Hall–Kier alpha value is -2.49. The van der Waals surface area contributed by atoms with E-state index in [0.717, 1.165) is 9.87 Å². The molecule has 0 saturated carbocycles. The lowest BCUT2D eigenvalue weighted by Crippen LogP contribution is -2.25. The van der Waals surface area contributed by atoms with E-state index in [0.29, 0.717) is 11.4 Å². The molecule has 0 radical (unpaired) electrons. The molecule has 0 bridgehead atoms. The molecular weight excluding hydrogens is 298 g/mol. The normalized spacial score (nSPS) is 10.6. The third kappa shape index (κ3) is 3.22. The molecule has 2 aromatic rings. The van der Waals surface area contributed by atoms with E-state index in [9.17, 15) is 8.42 Å². The molecule has 0 unspecified atom stereocenters. The molecule has 2 rings (SSSR count). The minimum Gasteiger partial charge on any atom is -0.497 e. The monoisotopic (exact) mass is 315 g/mol. The number of sulfonamides is 1. The van der Waals surface area contributed by atoms with Crippen molar-refractivity contribution in [3.8, 4) is 5.75 Å². The maximum atomic E-state index is 12.8. The second kappa shape index (κ2) is 6.52. The van der Waals surface area contributed by atoms with Gasteiger partial charge < -0.3 is 4.74 Å². The molecule has 0 N–H and O–H groups in total. The van der Waals surface area contributed by atoms with Crippen LogP contribution >= 0.6 is 0 Å². The molecule has 0 saturated heterocycles. The fourth-order valence-corrected chi connectivity index (χ4v) is 3.24. The van der Waals surface area contributed by atoms with Crippen molar-refractivity contribution in [2.75, 3.05) is 11.4 Å². The molecule has 0 aliphatic carbocycles. The van der Waals surface area contributed by atoms with Gasteiger partial charge in [0.25, 0.3) is 10.0 Å². The van der Waals surface area contributed by atoms with Crippen LogP contribution in [0.5, 0.6) is 5.75 Å². The third-order valence-corrected chi connectivity index (χ3v) is 4.82. The SMILES string of the molecule is C=C=CN(c1ccc(OC)cc1)S(=O)(=O)c1ccc(C)cc1. The van der Waals surface area contributed by atoms with Crippen LogP contribution < -0.4 is 9.04 Å². The molecule has 0 amide bonds. The summed E-state index contributed by atoms with van der Waals surface area (Å²) < 4.78 is 31.8. The summed E-state index contributed by atoms with van der Waals surface area (Å²) in [5, 5.41) is 0. The van der Waals surface area contributed by atoms with Crippen molar-refractivity contribution in [1.29, 1.82) is 0 Å². The summed E-state index contributed by atoms with van der Waals surface area (Å²) in [5.74, 6) is 0.652. The highest BCUT2D eigenvalue weighted by Gasteiger charge is 2.23. The van der Waals surface area contributed by atoms with Crippen molar-refractivity contribution in [3.63, 3.8) is 0 Å². The van der Waals surface area contributed by atoms with E-state index in [1.165, 1.54) is 6.20 Å². The van der Waals surface area contributed by atoms with Crippen molar-refractivity contribution >= 4 is 15.7 Å². The number of rotatable bonds is 5. The molecule has 2 aromatic carbocycles. The average Bonchev–Trinajstić information content (AvgIpc) is 2.53. The highest BCUT2D eigenvalue weighted by molar-refractivity contribution is 7.93. The Kier molecular flexibility index (Phi) is 4.71. The first-order chi connectivity index (χ1) is 10.5. The van der Waals surface area contributed by atoms with Crippen LogP contribution in [-0.2, 0) is 10.0 Å². The molecule has 22 heavy (non-hydrogen) atoms. The number of nitrogens with zero attached hydrogens (tertiary/aromatic N) is 1. The first-order valence-corrected chi connectivity index (χ1v) is 8.04. The fraction of sp³-hybridized carbons (Fsp3) is 0.118. The Bertz CT molecular complexity index is 787. The van der Waals surface area contributed by atoms with Crippen molar-refractivity contribution in [1.82, 2.24) is 0 Å². The lowest BCUT2D eigenvalue weighted by atomic mass is 10.2. The van der Waals surface area contributed by atoms with Crippen LogP contribution in [0.2, 0.25) is 0 Å². The maximum Gasteiger partial charge on any atom is 0.268 e. The van der Waals surface area contributed by atoms with Crippen LogP contribution in [0.1, 0.15) is 5.56 Å². The van der Waals surface area contributed by atoms with Gasteiger partial charge in [-0.25, -0.2) is 12.7 Å². The lowest BCUT2D eigenvalue weighted by Gasteiger charge is -2.20. The number of methoxy groups -OCH3 is 1. The highest BCUT2D eigenvalue weighted by atomic mass is 32.2. The van der Waals surface area contributed by atoms with Gasteiger partial charge in [0, 0.05) is 0 Å². The van der Waals surface area contributed by atoms with Gasteiger partial charge in [0.1, 0.15) is 5.75 Å². The minimum absolute atomic E-state index is 0.209. The molecule has 0 atom stereocenters. The van der Waals surface area contributed by atoms with Gasteiger partial charge in [-0.1, -0.05) is 24.3 Å². The smallest absolute Gasteiger partial charge is 0.268 e. The predicted molar refractivity (Wildman–Crippen MR) is 87.5 cm³/mol. The summed E-state index contributed by atoms with van der Waals surface area (Å²) in [6.07, 6.45) is 1.30. The van der Waals surface area contributed by atoms with Gasteiger partial charge in [0.15, 0.2) is 0 Å². The summed E-state index contributed by atoms with van der Waals surface area (Å²) in [4.78, 5) is 0.209. The summed E-state index contributed by atoms with van der Waals surface area (Å²) in [7, 11) is -2.16. The van der Waals surface area contributed by atoms with E-state index in [4.69, 9.17) is 4.74 Å². The maximum absolute atomic E-state index is 12.8. The molecule has 114 valence electrons. The van der Waals surface area contributed by atoms with Gasteiger partial charge in [-0.3, -0.25) is 0 Å². The van der Waals surface area contributed by atoms with Crippen LogP contribution in [-0.4, -0.2) is 15.5 Å². The Morgan fingerprint density at radius 1 is 1.09 bits per heavy atom. The Morgan fingerprint density at radius 2 is 1.68 bits per heavy atom. The zero-order chi connectivity index (χ0) is 16.2. The van der Waals surface area contributed by atoms with Crippen LogP contribution in [0.25, 0.3) is 0 Å². The molecule has 0 aliphatic rings. The lowest BCUT2D eigenvalue weighted by molar-refractivity contribution is 0.415. The van der Waals surface area contributed by atoms with E-state index >= 15 is 0 Å². The Morgan fingerprint density at radius 3 is 2.18 bits per heavy atom. The zero-order valence-corrected chi connectivity index (χ0v) is 13.3. The molecule has 5 heteroatoms. The van der Waals surface area contributed by atoms with E-state index in [1.807, 2.05) is 6.92 Å². The fourth-order valence-electron chi connectivity index (χ4n) is 1.92. The molecule has 0 heterocycles. The summed E-state index contributed by atoms with van der Waals surface area (Å²) in [5.41, 5.74) is 4.00. The molecule has 4 nitrogen and oxygen atoms in total. The van der Waals surface area contributed by atoms with Crippen LogP contribution in [0.15, 0.2) is 71.9 Å². The quantitative estimate of drug-likeness (QED) is 0.793. The zero-order valence-electron chi connectivity index (χ0n) is 12.5. The summed E-state index contributed by atoms with van der Waals surface area (Å²) in [6, 6.07) is 13.4. The standard InChI is InChI=1S/C17H17NO3S/c1-4-13-18(15-7-9-16(21-3)10-8-15)22(19,20)17-11-5-14(2)6-12-17/h5-13H,1H2,2-3H3. The van der Waals surface area contributed by atoms with Gasteiger partial charge in [-0.2, -0.15) is 0 Å². The molecular formula is C17H17NO3S. The van der Waals surface area contributed by atoms with Gasteiger partial charge in [0.2, 0.25) is 0 Å². The summed E-state index contributed by atoms with van der Waals surface area (Å²) >= 11 is 0. The number of hydrogen-bond acceptors (Lipinski definition) is 3. The van der Waals surface area contributed by atoms with Gasteiger partial charge in [-0.05, 0) is 43.3 Å². The second-order valence-electron chi connectivity index (χ2n) is 4.65. The topological polar surface area (TPSA) is 46.6 Å². The molecule has 0 aliphatic heterocycles. The summed E-state index contributed by atoms with van der Waals surface area (Å²) in [6.45, 7) is 5.37. The van der Waals surface area contributed by atoms with E-state index < -0.39 is 10.0 Å². The van der Waals surface area contributed by atoms with Crippen LogP contribution in [0.4, 0.5) is 5.69 Å². The van der Waals surface area contributed by atoms with E-state index in [1.54, 1.807) is 55.6 Å². The number of hydrogen-bond donors (Lipinski definition) is 0. The first-order valence-electron chi connectivity index (χ1n) is 6.60. The number of ether oxygens (including phenoxy) is 1. The van der Waals surface area contributed by atoms with E-state index in [-0.39, 0.29) is 4.90 Å². The van der Waals surface area contributed by atoms with Gasteiger partial charge >= 0.3 is 0 Å².